The van der Waals surface area contributed by atoms with Crippen molar-refractivity contribution in [1.29, 1.82) is 0 Å². The summed E-state index contributed by atoms with van der Waals surface area (Å²) in [6.45, 7) is 8.64. The molecule has 1 amide bonds. The summed E-state index contributed by atoms with van der Waals surface area (Å²) in [5.74, 6) is 0.159. The molecule has 4 heteroatoms. The smallest absolute Gasteiger partial charge is 0.254 e. The summed E-state index contributed by atoms with van der Waals surface area (Å²) in [6, 6.07) is 10.6. The van der Waals surface area contributed by atoms with E-state index >= 15 is 0 Å². The number of benzene rings is 2. The number of anilines is 1. The third-order valence-corrected chi connectivity index (χ3v) is 4.90. The van der Waals surface area contributed by atoms with E-state index in [9.17, 15) is 4.79 Å². The van der Waals surface area contributed by atoms with Gasteiger partial charge in [-0.05, 0) is 45.6 Å². The summed E-state index contributed by atoms with van der Waals surface area (Å²) < 4.78 is 0. The van der Waals surface area contributed by atoms with Crippen LogP contribution in [0.15, 0.2) is 30.3 Å². The van der Waals surface area contributed by atoms with Crippen LogP contribution in [0.5, 0.6) is 0 Å². The highest BCUT2D eigenvalue weighted by atomic mass is 16.2. The maximum absolute atomic E-state index is 12.9. The van der Waals surface area contributed by atoms with Gasteiger partial charge in [-0.3, -0.25) is 4.79 Å². The molecule has 2 aromatic rings. The lowest BCUT2D eigenvalue weighted by atomic mass is 9.93. The first-order chi connectivity index (χ1) is 11.6. The van der Waals surface area contributed by atoms with E-state index in [1.54, 1.807) is 0 Å². The number of hydrogen-bond acceptors (Lipinski definition) is 3. The molecule has 2 aromatic carbocycles. The number of carbonyl (C=O) groups excluding carboxylic acids is 1. The minimum Gasteiger partial charge on any atom is -0.372 e. The molecule has 3 rings (SSSR count). The lowest BCUT2D eigenvalue weighted by molar-refractivity contribution is 0.0727. The van der Waals surface area contributed by atoms with Crippen molar-refractivity contribution < 1.29 is 4.79 Å². The van der Waals surface area contributed by atoms with Crippen molar-refractivity contribution in [2.24, 2.45) is 0 Å². The lowest BCUT2D eigenvalue weighted by Crippen LogP contribution is -2.38. The highest BCUT2D eigenvalue weighted by molar-refractivity contribution is 6.13. The Kier molecular flexibility index (Phi) is 4.76. The van der Waals surface area contributed by atoms with Crippen LogP contribution in [0.1, 0.15) is 29.8 Å². The van der Waals surface area contributed by atoms with Gasteiger partial charge in [0.15, 0.2) is 0 Å². The monoisotopic (exact) mass is 325 g/mol. The highest BCUT2D eigenvalue weighted by Crippen LogP contribution is 2.35. The van der Waals surface area contributed by atoms with Gasteiger partial charge in [-0.15, -0.1) is 0 Å². The number of rotatable bonds is 6. The van der Waals surface area contributed by atoms with E-state index in [0.717, 1.165) is 37.1 Å². The first-order valence-corrected chi connectivity index (χ1v) is 8.80. The summed E-state index contributed by atoms with van der Waals surface area (Å²) in [7, 11) is 4.08. The van der Waals surface area contributed by atoms with E-state index in [0.29, 0.717) is 6.54 Å². The quantitative estimate of drug-likeness (QED) is 0.816. The van der Waals surface area contributed by atoms with Crippen LogP contribution < -0.4 is 4.90 Å². The molecule has 24 heavy (non-hydrogen) atoms. The number of amides is 1. The molecule has 0 spiro atoms. The predicted octanol–water partition coefficient (Wildman–Crippen LogP) is 3.20. The largest absolute Gasteiger partial charge is 0.372 e. The van der Waals surface area contributed by atoms with Crippen LogP contribution in [-0.4, -0.2) is 56.0 Å². The summed E-state index contributed by atoms with van der Waals surface area (Å²) in [5.41, 5.74) is 3.34. The minimum atomic E-state index is 0.159. The Hall–Kier alpha value is -2.07. The summed E-state index contributed by atoms with van der Waals surface area (Å²) in [5, 5.41) is 2.35. The topological polar surface area (TPSA) is 26.8 Å². The van der Waals surface area contributed by atoms with Gasteiger partial charge in [0.25, 0.3) is 5.91 Å². The summed E-state index contributed by atoms with van der Waals surface area (Å²) in [6.07, 6.45) is 0. The molecule has 4 nitrogen and oxygen atoms in total. The number of likely N-dealkylation sites (N-methyl/N-ethyl adjacent to an activating group) is 1. The van der Waals surface area contributed by atoms with Crippen LogP contribution in [0.4, 0.5) is 5.69 Å². The number of hydrogen-bond donors (Lipinski definition) is 0. The Labute approximate surface area is 144 Å². The van der Waals surface area contributed by atoms with Crippen molar-refractivity contribution >= 4 is 22.4 Å². The van der Waals surface area contributed by atoms with Crippen molar-refractivity contribution in [3.05, 3.63) is 41.5 Å². The molecule has 1 heterocycles. The summed E-state index contributed by atoms with van der Waals surface area (Å²) >= 11 is 0. The first kappa shape index (κ1) is 16.8. The van der Waals surface area contributed by atoms with Crippen LogP contribution in [0, 0.1) is 0 Å². The molecule has 0 fully saturated rings. The Morgan fingerprint density at radius 2 is 1.83 bits per heavy atom. The van der Waals surface area contributed by atoms with Gasteiger partial charge in [-0.2, -0.15) is 0 Å². The second kappa shape index (κ2) is 6.81. The maximum atomic E-state index is 12.9. The molecule has 0 bridgehead atoms. The molecule has 0 aliphatic carbocycles. The minimum absolute atomic E-state index is 0.159. The standard InChI is InChI=1S/C20H27N3O/c1-5-22(6-2)18-11-10-17-19-15(8-7-9-16(18)19)14-23(20(17)24)13-12-21(3)4/h7-11H,5-6,12-14H2,1-4H3. The van der Waals surface area contributed by atoms with Gasteiger partial charge in [-0.1, -0.05) is 18.2 Å². The third kappa shape index (κ3) is 2.86. The molecule has 0 N–H and O–H groups in total. The molecule has 0 atom stereocenters. The normalized spacial score (nSPS) is 13.9. The van der Waals surface area contributed by atoms with Crippen molar-refractivity contribution in [2.45, 2.75) is 20.4 Å². The van der Waals surface area contributed by atoms with Gasteiger partial charge in [0.1, 0.15) is 0 Å². The molecule has 0 radical (unpaired) electrons. The number of nitrogens with zero attached hydrogens (tertiary/aromatic N) is 3. The predicted molar refractivity (Wildman–Crippen MR) is 101 cm³/mol. The van der Waals surface area contributed by atoms with E-state index in [4.69, 9.17) is 0 Å². The van der Waals surface area contributed by atoms with Crippen molar-refractivity contribution in [1.82, 2.24) is 9.80 Å². The van der Waals surface area contributed by atoms with Crippen LogP contribution in [0.2, 0.25) is 0 Å². The maximum Gasteiger partial charge on any atom is 0.254 e. The van der Waals surface area contributed by atoms with Crippen LogP contribution in [-0.2, 0) is 6.54 Å². The lowest BCUT2D eigenvalue weighted by Gasteiger charge is -2.31. The molecular weight excluding hydrogens is 298 g/mol. The Balaban J connectivity index is 2.06. The van der Waals surface area contributed by atoms with Crippen molar-refractivity contribution in [3.8, 4) is 0 Å². The zero-order valence-corrected chi connectivity index (χ0v) is 15.2. The van der Waals surface area contributed by atoms with Gasteiger partial charge in [0, 0.05) is 54.7 Å². The van der Waals surface area contributed by atoms with E-state index in [1.165, 1.54) is 16.6 Å². The SMILES string of the molecule is CCN(CC)c1ccc2c3c(cccc13)CN(CCN(C)C)C2=O. The van der Waals surface area contributed by atoms with Gasteiger partial charge in [0.05, 0.1) is 0 Å². The Morgan fingerprint density at radius 3 is 2.50 bits per heavy atom. The van der Waals surface area contributed by atoms with E-state index in [2.05, 4.69) is 47.9 Å². The average molecular weight is 325 g/mol. The second-order valence-corrected chi connectivity index (χ2v) is 6.67. The molecule has 0 saturated heterocycles. The fourth-order valence-electron chi connectivity index (χ4n) is 3.57. The fourth-order valence-corrected chi connectivity index (χ4v) is 3.57. The molecule has 0 aromatic heterocycles. The molecule has 1 aliphatic heterocycles. The average Bonchev–Trinajstić information content (AvgIpc) is 2.58. The zero-order valence-electron chi connectivity index (χ0n) is 15.2. The van der Waals surface area contributed by atoms with Crippen LogP contribution >= 0.6 is 0 Å². The van der Waals surface area contributed by atoms with E-state index in [-0.39, 0.29) is 5.91 Å². The number of carbonyl (C=O) groups is 1. The van der Waals surface area contributed by atoms with Gasteiger partial charge < -0.3 is 14.7 Å². The van der Waals surface area contributed by atoms with Gasteiger partial charge in [-0.25, -0.2) is 0 Å². The zero-order chi connectivity index (χ0) is 17.3. The summed E-state index contributed by atoms with van der Waals surface area (Å²) in [4.78, 5) is 19.4. The Morgan fingerprint density at radius 1 is 1.08 bits per heavy atom. The van der Waals surface area contributed by atoms with E-state index in [1.807, 2.05) is 25.1 Å². The Bertz CT molecular complexity index is 750. The van der Waals surface area contributed by atoms with Crippen LogP contribution in [0.3, 0.4) is 0 Å². The molecule has 0 unspecified atom stereocenters. The molecule has 1 aliphatic rings. The van der Waals surface area contributed by atoms with Crippen molar-refractivity contribution in [2.75, 3.05) is 45.2 Å². The van der Waals surface area contributed by atoms with Gasteiger partial charge >= 0.3 is 0 Å². The van der Waals surface area contributed by atoms with E-state index < -0.39 is 0 Å². The van der Waals surface area contributed by atoms with Gasteiger partial charge in [0.2, 0.25) is 0 Å². The highest BCUT2D eigenvalue weighted by Gasteiger charge is 2.26. The van der Waals surface area contributed by atoms with Crippen LogP contribution in [0.25, 0.3) is 10.8 Å². The fraction of sp³-hybridized carbons (Fsp3) is 0.450. The second-order valence-electron chi connectivity index (χ2n) is 6.67. The third-order valence-electron chi connectivity index (χ3n) is 4.90. The first-order valence-electron chi connectivity index (χ1n) is 8.80. The molecule has 128 valence electrons. The van der Waals surface area contributed by atoms with Crippen molar-refractivity contribution in [3.63, 3.8) is 0 Å². The molecular formula is C20H27N3O. The molecule has 0 saturated carbocycles.